The molecular formula is C16H15BrN4. The average molecular weight is 343 g/mol. The number of fused-ring (bicyclic) bond motifs is 1. The lowest BCUT2D eigenvalue weighted by Gasteiger charge is -2.08. The van der Waals surface area contributed by atoms with Gasteiger partial charge in [-0.15, -0.1) is 0 Å². The highest BCUT2D eigenvalue weighted by Crippen LogP contribution is 2.17. The van der Waals surface area contributed by atoms with Crippen molar-refractivity contribution in [3.05, 3.63) is 58.6 Å². The standard InChI is InChI=1S/C16H15BrN4/c1-11-20-14(17)10-15(21-11)18-9-7-13-5-2-4-12-6-3-8-19-16(12)13/h2-6,8,10H,7,9H2,1H3,(H,18,20,21). The number of benzene rings is 1. The number of hydrogen-bond acceptors (Lipinski definition) is 4. The highest BCUT2D eigenvalue weighted by Gasteiger charge is 2.03. The van der Waals surface area contributed by atoms with Gasteiger partial charge in [0.2, 0.25) is 0 Å². The number of halogens is 1. The van der Waals surface area contributed by atoms with Crippen molar-refractivity contribution in [3.63, 3.8) is 0 Å². The molecule has 0 fully saturated rings. The zero-order valence-electron chi connectivity index (χ0n) is 11.7. The highest BCUT2D eigenvalue weighted by molar-refractivity contribution is 9.10. The molecule has 3 aromatic rings. The Morgan fingerprint density at radius 3 is 2.86 bits per heavy atom. The van der Waals surface area contributed by atoms with Gasteiger partial charge in [0.1, 0.15) is 16.2 Å². The van der Waals surface area contributed by atoms with Gasteiger partial charge in [-0.3, -0.25) is 4.98 Å². The van der Waals surface area contributed by atoms with E-state index in [1.165, 1.54) is 10.9 Å². The van der Waals surface area contributed by atoms with E-state index >= 15 is 0 Å². The van der Waals surface area contributed by atoms with Gasteiger partial charge >= 0.3 is 0 Å². The van der Waals surface area contributed by atoms with E-state index in [9.17, 15) is 0 Å². The molecule has 0 bridgehead atoms. The highest BCUT2D eigenvalue weighted by atomic mass is 79.9. The summed E-state index contributed by atoms with van der Waals surface area (Å²) in [5.74, 6) is 1.58. The van der Waals surface area contributed by atoms with Gasteiger partial charge in [-0.05, 0) is 40.9 Å². The first-order chi connectivity index (χ1) is 10.2. The minimum Gasteiger partial charge on any atom is -0.370 e. The predicted octanol–water partition coefficient (Wildman–Crippen LogP) is 3.75. The SMILES string of the molecule is Cc1nc(Br)cc(NCCc2cccc3cccnc23)n1. The molecule has 21 heavy (non-hydrogen) atoms. The summed E-state index contributed by atoms with van der Waals surface area (Å²) in [7, 11) is 0. The summed E-state index contributed by atoms with van der Waals surface area (Å²) in [5, 5.41) is 4.51. The van der Waals surface area contributed by atoms with Crippen LogP contribution in [-0.2, 0) is 6.42 Å². The zero-order valence-corrected chi connectivity index (χ0v) is 13.3. The Morgan fingerprint density at radius 1 is 1.14 bits per heavy atom. The number of nitrogens with one attached hydrogen (secondary N) is 1. The molecule has 106 valence electrons. The Labute approximate surface area is 131 Å². The Morgan fingerprint density at radius 2 is 2.00 bits per heavy atom. The summed E-state index contributed by atoms with van der Waals surface area (Å²) in [4.78, 5) is 13.0. The lowest BCUT2D eigenvalue weighted by Crippen LogP contribution is -2.08. The number of rotatable bonds is 4. The number of nitrogens with zero attached hydrogens (tertiary/aromatic N) is 3. The van der Waals surface area contributed by atoms with Crippen molar-refractivity contribution in [1.29, 1.82) is 0 Å². The monoisotopic (exact) mass is 342 g/mol. The van der Waals surface area contributed by atoms with E-state index in [1.807, 2.05) is 25.3 Å². The number of para-hydroxylation sites is 1. The first-order valence-corrected chi connectivity index (χ1v) is 7.59. The third-order valence-corrected chi connectivity index (χ3v) is 3.63. The van der Waals surface area contributed by atoms with E-state index in [1.54, 1.807) is 0 Å². The molecule has 0 radical (unpaired) electrons. The van der Waals surface area contributed by atoms with E-state index in [0.717, 1.165) is 34.7 Å². The Kier molecular flexibility index (Phi) is 4.10. The van der Waals surface area contributed by atoms with Crippen LogP contribution in [0.4, 0.5) is 5.82 Å². The minimum atomic E-state index is 0.749. The first-order valence-electron chi connectivity index (χ1n) is 6.80. The fourth-order valence-electron chi connectivity index (χ4n) is 2.32. The molecule has 4 nitrogen and oxygen atoms in total. The predicted molar refractivity (Wildman–Crippen MR) is 88.4 cm³/mol. The lowest BCUT2D eigenvalue weighted by atomic mass is 10.1. The summed E-state index contributed by atoms with van der Waals surface area (Å²) >= 11 is 3.38. The van der Waals surface area contributed by atoms with Crippen molar-refractivity contribution in [2.45, 2.75) is 13.3 Å². The molecule has 0 spiro atoms. The van der Waals surface area contributed by atoms with Crippen LogP contribution in [0.15, 0.2) is 47.2 Å². The van der Waals surface area contributed by atoms with Gasteiger partial charge < -0.3 is 5.32 Å². The minimum absolute atomic E-state index is 0.749. The number of aromatic nitrogens is 3. The number of anilines is 1. The van der Waals surface area contributed by atoms with E-state index in [2.05, 4.69) is 60.5 Å². The topological polar surface area (TPSA) is 50.7 Å². The summed E-state index contributed by atoms with van der Waals surface area (Å²) in [6.45, 7) is 2.68. The molecule has 1 aromatic carbocycles. The van der Waals surface area contributed by atoms with Gasteiger partial charge in [-0.25, -0.2) is 9.97 Å². The molecule has 0 amide bonds. The maximum atomic E-state index is 4.47. The largest absolute Gasteiger partial charge is 0.370 e. The quantitative estimate of drug-likeness (QED) is 0.733. The molecule has 0 aliphatic heterocycles. The summed E-state index contributed by atoms with van der Waals surface area (Å²) in [6.07, 6.45) is 2.74. The van der Waals surface area contributed by atoms with Crippen molar-refractivity contribution >= 4 is 32.7 Å². The van der Waals surface area contributed by atoms with Crippen LogP contribution in [0.2, 0.25) is 0 Å². The van der Waals surface area contributed by atoms with Crippen LogP contribution in [0.25, 0.3) is 10.9 Å². The normalized spacial score (nSPS) is 10.8. The molecule has 0 saturated heterocycles. The van der Waals surface area contributed by atoms with E-state index in [-0.39, 0.29) is 0 Å². The Hall–Kier alpha value is -2.01. The molecule has 2 heterocycles. The second kappa shape index (κ2) is 6.18. The van der Waals surface area contributed by atoms with Gasteiger partial charge in [0.05, 0.1) is 5.52 Å². The summed E-state index contributed by atoms with van der Waals surface area (Å²) in [6, 6.07) is 12.2. The molecule has 2 aromatic heterocycles. The van der Waals surface area contributed by atoms with Crippen LogP contribution in [0.1, 0.15) is 11.4 Å². The smallest absolute Gasteiger partial charge is 0.130 e. The van der Waals surface area contributed by atoms with Crippen molar-refractivity contribution in [3.8, 4) is 0 Å². The molecular weight excluding hydrogens is 328 g/mol. The van der Waals surface area contributed by atoms with Gasteiger partial charge in [-0.1, -0.05) is 24.3 Å². The molecule has 0 aliphatic carbocycles. The van der Waals surface area contributed by atoms with Gasteiger partial charge in [0.25, 0.3) is 0 Å². The van der Waals surface area contributed by atoms with Gasteiger partial charge in [0, 0.05) is 24.2 Å². The van der Waals surface area contributed by atoms with Crippen LogP contribution in [0.5, 0.6) is 0 Å². The summed E-state index contributed by atoms with van der Waals surface area (Å²) < 4.78 is 0.796. The molecule has 5 heteroatoms. The fourth-order valence-corrected chi connectivity index (χ4v) is 2.79. The zero-order chi connectivity index (χ0) is 14.7. The second-order valence-electron chi connectivity index (χ2n) is 4.79. The van der Waals surface area contributed by atoms with E-state index in [4.69, 9.17) is 0 Å². The molecule has 0 atom stereocenters. The molecule has 0 saturated carbocycles. The maximum Gasteiger partial charge on any atom is 0.130 e. The Balaban J connectivity index is 1.72. The number of hydrogen-bond donors (Lipinski definition) is 1. The van der Waals surface area contributed by atoms with Crippen LogP contribution in [0, 0.1) is 6.92 Å². The molecule has 3 rings (SSSR count). The number of pyridine rings is 1. The second-order valence-corrected chi connectivity index (χ2v) is 5.60. The first kappa shape index (κ1) is 13.9. The maximum absolute atomic E-state index is 4.47. The molecule has 0 aliphatic rings. The van der Waals surface area contributed by atoms with Crippen LogP contribution >= 0.6 is 15.9 Å². The van der Waals surface area contributed by atoms with Gasteiger partial charge in [-0.2, -0.15) is 0 Å². The lowest BCUT2D eigenvalue weighted by molar-refractivity contribution is 0.977. The third kappa shape index (κ3) is 3.36. The van der Waals surface area contributed by atoms with E-state index in [0.29, 0.717) is 0 Å². The van der Waals surface area contributed by atoms with Crippen LogP contribution < -0.4 is 5.32 Å². The van der Waals surface area contributed by atoms with Crippen molar-refractivity contribution in [2.24, 2.45) is 0 Å². The number of aryl methyl sites for hydroxylation is 1. The van der Waals surface area contributed by atoms with Crippen molar-refractivity contribution in [1.82, 2.24) is 15.0 Å². The average Bonchev–Trinajstić information content (AvgIpc) is 2.46. The summed E-state index contributed by atoms with van der Waals surface area (Å²) in [5.41, 5.74) is 2.31. The fraction of sp³-hybridized carbons (Fsp3) is 0.188. The molecule has 1 N–H and O–H groups in total. The molecule has 0 unspecified atom stereocenters. The Bertz CT molecular complexity index is 748. The van der Waals surface area contributed by atoms with Crippen LogP contribution in [0.3, 0.4) is 0 Å². The van der Waals surface area contributed by atoms with Gasteiger partial charge in [0.15, 0.2) is 0 Å². The van der Waals surface area contributed by atoms with E-state index < -0.39 is 0 Å². The van der Waals surface area contributed by atoms with Crippen LogP contribution in [-0.4, -0.2) is 21.5 Å². The van der Waals surface area contributed by atoms with Crippen molar-refractivity contribution in [2.75, 3.05) is 11.9 Å². The third-order valence-electron chi connectivity index (χ3n) is 3.22. The van der Waals surface area contributed by atoms with Crippen molar-refractivity contribution < 1.29 is 0 Å².